The van der Waals surface area contributed by atoms with Crippen LogP contribution in [0.1, 0.15) is 23.8 Å². The molecule has 0 spiro atoms. The van der Waals surface area contributed by atoms with Crippen molar-refractivity contribution in [2.75, 3.05) is 26.1 Å². The van der Waals surface area contributed by atoms with Gasteiger partial charge in [0.05, 0.1) is 31.0 Å². The van der Waals surface area contributed by atoms with Gasteiger partial charge in [0.1, 0.15) is 11.5 Å². The summed E-state index contributed by atoms with van der Waals surface area (Å²) >= 11 is 7.85. The number of hydrogen-bond donors (Lipinski definition) is 1. The van der Waals surface area contributed by atoms with Crippen LogP contribution in [0.5, 0.6) is 11.5 Å². The highest BCUT2D eigenvalue weighted by Crippen LogP contribution is 2.38. The maximum absolute atomic E-state index is 12.7. The Morgan fingerprint density at radius 3 is 2.79 bits per heavy atom. The van der Waals surface area contributed by atoms with Crippen LogP contribution in [0.25, 0.3) is 0 Å². The minimum atomic E-state index is -0.148. The van der Waals surface area contributed by atoms with Gasteiger partial charge in [0.15, 0.2) is 0 Å². The number of nitrogens with one attached hydrogen (secondary N) is 1. The molecule has 0 saturated carbocycles. The topological polar surface area (TPSA) is 50.8 Å². The molecular weight excluding hydrogens is 348 g/mol. The van der Waals surface area contributed by atoms with Crippen molar-refractivity contribution in [3.8, 4) is 11.5 Å². The fourth-order valence-electron chi connectivity index (χ4n) is 2.93. The summed E-state index contributed by atoms with van der Waals surface area (Å²) in [5.74, 6) is 1.01. The highest BCUT2D eigenvalue weighted by Gasteiger charge is 2.31. The monoisotopic (exact) mass is 366 g/mol. The van der Waals surface area contributed by atoms with Gasteiger partial charge in [-0.3, -0.25) is 0 Å². The molecule has 1 aliphatic heterocycles. The molecule has 7 heteroatoms. The van der Waals surface area contributed by atoms with Gasteiger partial charge < -0.3 is 19.7 Å². The lowest BCUT2D eigenvalue weighted by Crippen LogP contribution is -2.34. The molecule has 5 nitrogen and oxygen atoms in total. The second-order valence-corrected chi connectivity index (χ2v) is 6.87. The molecule has 128 valence electrons. The Morgan fingerprint density at radius 2 is 2.12 bits per heavy atom. The number of urea groups is 1. The minimum Gasteiger partial charge on any atom is -0.495 e. The van der Waals surface area contributed by atoms with Crippen LogP contribution in [0.3, 0.4) is 0 Å². The van der Waals surface area contributed by atoms with Crippen LogP contribution in [0.4, 0.5) is 10.5 Å². The Labute approximate surface area is 150 Å². The number of nitrogens with zero attached hydrogens (tertiary/aromatic N) is 1. The average molecular weight is 367 g/mol. The van der Waals surface area contributed by atoms with Crippen LogP contribution in [0.15, 0.2) is 29.6 Å². The van der Waals surface area contributed by atoms with E-state index in [2.05, 4.69) is 11.4 Å². The fraction of sp³-hybridized carbons (Fsp3) is 0.353. The summed E-state index contributed by atoms with van der Waals surface area (Å²) in [6.45, 7) is 0.737. The van der Waals surface area contributed by atoms with E-state index in [-0.39, 0.29) is 12.1 Å². The zero-order valence-electron chi connectivity index (χ0n) is 13.5. The van der Waals surface area contributed by atoms with E-state index in [0.717, 1.165) is 19.4 Å². The number of thiophene rings is 1. The van der Waals surface area contributed by atoms with Gasteiger partial charge in [-0.1, -0.05) is 17.7 Å². The van der Waals surface area contributed by atoms with E-state index in [1.807, 2.05) is 16.3 Å². The molecule has 1 aromatic carbocycles. The second kappa shape index (κ2) is 7.32. The van der Waals surface area contributed by atoms with Crippen molar-refractivity contribution < 1.29 is 14.3 Å². The molecule has 0 unspecified atom stereocenters. The third-order valence-electron chi connectivity index (χ3n) is 4.10. The highest BCUT2D eigenvalue weighted by atomic mass is 35.5. The number of ether oxygens (including phenoxy) is 2. The number of rotatable bonds is 4. The second-order valence-electron chi connectivity index (χ2n) is 5.48. The van der Waals surface area contributed by atoms with E-state index in [1.54, 1.807) is 30.6 Å². The van der Waals surface area contributed by atoms with Gasteiger partial charge in [-0.15, -0.1) is 11.3 Å². The molecule has 2 amide bonds. The molecule has 0 aliphatic carbocycles. The molecule has 0 radical (unpaired) electrons. The van der Waals surface area contributed by atoms with Crippen molar-refractivity contribution in [1.29, 1.82) is 0 Å². The highest BCUT2D eigenvalue weighted by molar-refractivity contribution is 7.10. The predicted molar refractivity (Wildman–Crippen MR) is 96.6 cm³/mol. The van der Waals surface area contributed by atoms with Crippen LogP contribution >= 0.6 is 22.9 Å². The van der Waals surface area contributed by atoms with Gasteiger partial charge in [0.25, 0.3) is 0 Å². The Hall–Kier alpha value is -1.92. The van der Waals surface area contributed by atoms with E-state index in [4.69, 9.17) is 21.1 Å². The quantitative estimate of drug-likeness (QED) is 0.846. The first-order valence-electron chi connectivity index (χ1n) is 7.66. The number of carbonyl (C=O) groups is 1. The summed E-state index contributed by atoms with van der Waals surface area (Å²) in [6.07, 6.45) is 1.98. The standard InChI is InChI=1S/C17H19ClN2O3S/c1-22-14-10-15(23-2)12(9-11(14)18)19-17(21)20-7-3-5-13(20)16-6-4-8-24-16/h4,6,8-10,13H,3,5,7H2,1-2H3,(H,19,21)/t13-/m1/s1. The number of anilines is 1. The van der Waals surface area contributed by atoms with Gasteiger partial charge in [-0.05, 0) is 30.4 Å². The Morgan fingerprint density at radius 1 is 1.33 bits per heavy atom. The van der Waals surface area contributed by atoms with Crippen LogP contribution in [0, 0.1) is 0 Å². The number of methoxy groups -OCH3 is 2. The van der Waals surface area contributed by atoms with Gasteiger partial charge >= 0.3 is 6.03 Å². The summed E-state index contributed by atoms with van der Waals surface area (Å²) in [7, 11) is 3.08. The number of benzene rings is 1. The zero-order chi connectivity index (χ0) is 17.1. The molecule has 1 saturated heterocycles. The molecule has 1 fully saturated rings. The number of amides is 2. The maximum Gasteiger partial charge on any atom is 0.322 e. The molecule has 3 rings (SSSR count). The van der Waals surface area contributed by atoms with Crippen LogP contribution in [-0.4, -0.2) is 31.7 Å². The van der Waals surface area contributed by atoms with Gasteiger partial charge in [-0.2, -0.15) is 0 Å². The molecule has 2 heterocycles. The molecule has 24 heavy (non-hydrogen) atoms. The van der Waals surface area contributed by atoms with Crippen molar-refractivity contribution in [1.82, 2.24) is 4.90 Å². The van der Waals surface area contributed by atoms with E-state index >= 15 is 0 Å². The van der Waals surface area contributed by atoms with Gasteiger partial charge in [0.2, 0.25) is 0 Å². The Bertz CT molecular complexity index is 721. The van der Waals surface area contributed by atoms with E-state index in [9.17, 15) is 4.79 Å². The first-order chi connectivity index (χ1) is 11.6. The lowest BCUT2D eigenvalue weighted by molar-refractivity contribution is 0.207. The Balaban J connectivity index is 1.80. The van der Waals surface area contributed by atoms with E-state index in [1.165, 1.54) is 12.0 Å². The summed E-state index contributed by atoms with van der Waals surface area (Å²) in [5, 5.41) is 5.37. The zero-order valence-corrected chi connectivity index (χ0v) is 15.1. The summed E-state index contributed by atoms with van der Waals surface area (Å²) in [6, 6.07) is 7.38. The third-order valence-corrected chi connectivity index (χ3v) is 5.37. The molecular formula is C17H19ClN2O3S. The normalized spacial score (nSPS) is 17.0. The van der Waals surface area contributed by atoms with Crippen molar-refractivity contribution in [3.63, 3.8) is 0 Å². The number of carbonyl (C=O) groups excluding carboxylic acids is 1. The molecule has 1 atom stereocenters. The van der Waals surface area contributed by atoms with Crippen molar-refractivity contribution in [2.45, 2.75) is 18.9 Å². The molecule has 0 bridgehead atoms. The molecule has 1 N–H and O–H groups in total. The van der Waals surface area contributed by atoms with E-state index < -0.39 is 0 Å². The van der Waals surface area contributed by atoms with Crippen LogP contribution in [0.2, 0.25) is 5.02 Å². The third kappa shape index (κ3) is 3.30. The fourth-order valence-corrected chi connectivity index (χ4v) is 4.05. The summed E-state index contributed by atoms with van der Waals surface area (Å²) < 4.78 is 10.5. The number of likely N-dealkylation sites (tertiary alicyclic amines) is 1. The van der Waals surface area contributed by atoms with Crippen molar-refractivity contribution >= 4 is 34.7 Å². The predicted octanol–water partition coefficient (Wildman–Crippen LogP) is 4.79. The average Bonchev–Trinajstić information content (AvgIpc) is 3.26. The van der Waals surface area contributed by atoms with Crippen molar-refractivity contribution in [3.05, 3.63) is 39.5 Å². The van der Waals surface area contributed by atoms with Crippen molar-refractivity contribution in [2.24, 2.45) is 0 Å². The van der Waals surface area contributed by atoms with E-state index in [0.29, 0.717) is 22.2 Å². The first kappa shape index (κ1) is 16.9. The SMILES string of the molecule is COc1cc(OC)c(NC(=O)N2CCC[C@@H]2c2cccs2)cc1Cl. The lowest BCUT2D eigenvalue weighted by Gasteiger charge is -2.25. The smallest absolute Gasteiger partial charge is 0.322 e. The lowest BCUT2D eigenvalue weighted by atomic mass is 10.2. The van der Waals surface area contributed by atoms with Gasteiger partial charge in [0, 0.05) is 17.5 Å². The van der Waals surface area contributed by atoms with Gasteiger partial charge in [-0.25, -0.2) is 4.79 Å². The summed E-state index contributed by atoms with van der Waals surface area (Å²) in [4.78, 5) is 15.8. The largest absolute Gasteiger partial charge is 0.495 e. The summed E-state index contributed by atoms with van der Waals surface area (Å²) in [5.41, 5.74) is 0.533. The van der Waals surface area contributed by atoms with Crippen LogP contribution in [-0.2, 0) is 0 Å². The molecule has 1 aromatic heterocycles. The molecule has 2 aromatic rings. The number of hydrogen-bond acceptors (Lipinski definition) is 4. The first-order valence-corrected chi connectivity index (χ1v) is 8.92. The minimum absolute atomic E-state index is 0.129. The number of halogens is 1. The Kier molecular flexibility index (Phi) is 5.16. The maximum atomic E-state index is 12.7. The molecule has 1 aliphatic rings. The van der Waals surface area contributed by atoms with Crippen LogP contribution < -0.4 is 14.8 Å².